The molecule has 96 valence electrons. The van der Waals surface area contributed by atoms with E-state index in [1.165, 1.54) is 5.56 Å². The molecule has 1 aromatic rings. The van der Waals surface area contributed by atoms with Crippen molar-refractivity contribution in [1.29, 1.82) is 0 Å². The van der Waals surface area contributed by atoms with Crippen molar-refractivity contribution < 1.29 is 5.11 Å². The van der Waals surface area contributed by atoms with E-state index in [0.717, 1.165) is 24.8 Å². The van der Waals surface area contributed by atoms with Gasteiger partial charge in [0.2, 0.25) is 0 Å². The Morgan fingerprint density at radius 2 is 1.89 bits per heavy atom. The fraction of sp³-hybridized carbons (Fsp3) is 0.471. The van der Waals surface area contributed by atoms with E-state index in [1.807, 2.05) is 26.0 Å². The zero-order chi connectivity index (χ0) is 13.2. The van der Waals surface area contributed by atoms with Crippen molar-refractivity contribution in [3.05, 3.63) is 53.3 Å². The van der Waals surface area contributed by atoms with E-state index >= 15 is 0 Å². The maximum atomic E-state index is 10.5. The summed E-state index contributed by atoms with van der Waals surface area (Å²) in [6, 6.07) is 10.5. The van der Waals surface area contributed by atoms with Crippen LogP contribution in [0.25, 0.3) is 0 Å². The van der Waals surface area contributed by atoms with Gasteiger partial charge in [0.1, 0.15) is 0 Å². The van der Waals surface area contributed by atoms with Gasteiger partial charge in [0.15, 0.2) is 0 Å². The molecule has 1 aliphatic rings. The number of benzene rings is 1. The van der Waals surface area contributed by atoms with Crippen LogP contribution in [-0.4, -0.2) is 10.7 Å². The summed E-state index contributed by atoms with van der Waals surface area (Å²) in [5, 5.41) is 10.5. The second-order valence-electron chi connectivity index (χ2n) is 5.75. The van der Waals surface area contributed by atoms with Crippen LogP contribution in [0.2, 0.25) is 0 Å². The minimum Gasteiger partial charge on any atom is -0.385 e. The van der Waals surface area contributed by atoms with Crippen LogP contribution in [0.4, 0.5) is 0 Å². The Bertz CT molecular complexity index is 468. The highest BCUT2D eigenvalue weighted by Crippen LogP contribution is 2.52. The van der Waals surface area contributed by atoms with Gasteiger partial charge in [-0.25, -0.2) is 0 Å². The van der Waals surface area contributed by atoms with Gasteiger partial charge in [-0.05, 0) is 50.3 Å². The molecule has 18 heavy (non-hydrogen) atoms. The minimum absolute atomic E-state index is 0.149. The van der Waals surface area contributed by atoms with Crippen LogP contribution in [-0.2, 0) is 5.41 Å². The molecule has 1 aromatic carbocycles. The van der Waals surface area contributed by atoms with Crippen LogP contribution in [0.3, 0.4) is 0 Å². The van der Waals surface area contributed by atoms with E-state index in [4.69, 9.17) is 0 Å². The quantitative estimate of drug-likeness (QED) is 0.795. The highest BCUT2D eigenvalue weighted by atomic mass is 16.3. The van der Waals surface area contributed by atoms with E-state index in [1.54, 1.807) is 0 Å². The lowest BCUT2D eigenvalue weighted by atomic mass is 9.55. The summed E-state index contributed by atoms with van der Waals surface area (Å²) in [4.78, 5) is 0. The molecule has 1 saturated carbocycles. The Morgan fingerprint density at radius 1 is 1.28 bits per heavy atom. The molecule has 0 radical (unpaired) electrons. The fourth-order valence-corrected chi connectivity index (χ4v) is 2.95. The Kier molecular flexibility index (Phi) is 3.47. The van der Waals surface area contributed by atoms with Crippen molar-refractivity contribution >= 4 is 0 Å². The highest BCUT2D eigenvalue weighted by Gasteiger charge is 2.52. The predicted octanol–water partition coefficient (Wildman–Crippen LogP) is 3.98. The van der Waals surface area contributed by atoms with E-state index in [-0.39, 0.29) is 5.41 Å². The maximum absolute atomic E-state index is 10.5. The topological polar surface area (TPSA) is 20.2 Å². The summed E-state index contributed by atoms with van der Waals surface area (Å²) in [5.41, 5.74) is 5.09. The van der Waals surface area contributed by atoms with Crippen LogP contribution in [0.1, 0.15) is 45.6 Å². The van der Waals surface area contributed by atoms with E-state index in [0.29, 0.717) is 0 Å². The first-order chi connectivity index (χ1) is 8.50. The Labute approximate surface area is 110 Å². The van der Waals surface area contributed by atoms with E-state index in [2.05, 4.69) is 36.9 Å². The molecule has 0 aliphatic heterocycles. The average molecular weight is 242 g/mol. The molecule has 0 unspecified atom stereocenters. The molecule has 0 saturated heterocycles. The van der Waals surface area contributed by atoms with Gasteiger partial charge in [-0.2, -0.15) is 0 Å². The van der Waals surface area contributed by atoms with Crippen LogP contribution in [0, 0.1) is 0 Å². The molecule has 0 amide bonds. The van der Waals surface area contributed by atoms with Crippen LogP contribution in [0.5, 0.6) is 0 Å². The minimum atomic E-state index is -0.664. The lowest BCUT2D eigenvalue weighted by molar-refractivity contribution is -0.0528. The highest BCUT2D eigenvalue weighted by molar-refractivity contribution is 5.33. The van der Waals surface area contributed by atoms with Crippen molar-refractivity contribution in [1.82, 2.24) is 0 Å². The maximum Gasteiger partial charge on any atom is 0.0918 e. The molecule has 1 heteroatoms. The Morgan fingerprint density at radius 3 is 2.39 bits per heavy atom. The van der Waals surface area contributed by atoms with Crippen LogP contribution < -0.4 is 0 Å². The lowest BCUT2D eigenvalue weighted by Gasteiger charge is -2.52. The van der Waals surface area contributed by atoms with E-state index < -0.39 is 5.60 Å². The van der Waals surface area contributed by atoms with Gasteiger partial charge in [-0.3, -0.25) is 0 Å². The third-order valence-corrected chi connectivity index (χ3v) is 3.98. The summed E-state index contributed by atoms with van der Waals surface area (Å²) in [7, 11) is 0. The van der Waals surface area contributed by atoms with Gasteiger partial charge >= 0.3 is 0 Å². The van der Waals surface area contributed by atoms with Crippen molar-refractivity contribution in [2.24, 2.45) is 0 Å². The zero-order valence-electron chi connectivity index (χ0n) is 11.5. The fourth-order valence-electron chi connectivity index (χ4n) is 2.95. The third-order valence-electron chi connectivity index (χ3n) is 3.98. The molecule has 0 atom stereocenters. The molecule has 0 heterocycles. The number of hydrogen-bond donors (Lipinski definition) is 1. The number of hydrogen-bond acceptors (Lipinski definition) is 1. The SMILES string of the molecule is CCC1(c2ccccc2)CC(O)(C=C=C(C)C)C1. The molecule has 1 aliphatic carbocycles. The van der Waals surface area contributed by atoms with Crippen LogP contribution in [0.15, 0.2) is 47.7 Å². The van der Waals surface area contributed by atoms with Crippen molar-refractivity contribution in [3.63, 3.8) is 0 Å². The smallest absolute Gasteiger partial charge is 0.0918 e. The standard InChI is InChI=1S/C17H22O/c1-4-16(15-8-6-5-7-9-15)12-17(18,13-16)11-10-14(2)3/h5-9,11,18H,4,12-13H2,1-3H3. The van der Waals surface area contributed by atoms with Gasteiger partial charge < -0.3 is 5.11 Å². The van der Waals surface area contributed by atoms with Gasteiger partial charge in [-0.15, -0.1) is 5.73 Å². The first-order valence-electron chi connectivity index (χ1n) is 6.69. The normalized spacial score (nSPS) is 30.2. The summed E-state index contributed by atoms with van der Waals surface area (Å²) in [6.07, 6.45) is 4.53. The third kappa shape index (κ3) is 2.43. The first-order valence-corrected chi connectivity index (χ1v) is 6.69. The molecule has 0 aromatic heterocycles. The molecule has 1 fully saturated rings. The number of aliphatic hydroxyl groups is 1. The molecular weight excluding hydrogens is 220 g/mol. The molecule has 1 N–H and O–H groups in total. The Balaban J connectivity index is 2.20. The second kappa shape index (κ2) is 4.76. The van der Waals surface area contributed by atoms with Crippen molar-refractivity contribution in [2.45, 2.75) is 51.0 Å². The van der Waals surface area contributed by atoms with Gasteiger partial charge in [0.05, 0.1) is 5.60 Å². The van der Waals surface area contributed by atoms with Gasteiger partial charge in [-0.1, -0.05) is 37.3 Å². The second-order valence-corrected chi connectivity index (χ2v) is 5.75. The Hall–Kier alpha value is -1.30. The van der Waals surface area contributed by atoms with Gasteiger partial charge in [0.25, 0.3) is 0 Å². The monoisotopic (exact) mass is 242 g/mol. The largest absolute Gasteiger partial charge is 0.385 e. The summed E-state index contributed by atoms with van der Waals surface area (Å²) < 4.78 is 0. The summed E-state index contributed by atoms with van der Waals surface area (Å²) in [5.74, 6) is 0. The average Bonchev–Trinajstić information content (AvgIpc) is 2.34. The molecule has 0 bridgehead atoms. The molecule has 2 rings (SSSR count). The lowest BCUT2D eigenvalue weighted by Crippen LogP contribution is -2.53. The summed E-state index contributed by atoms with van der Waals surface area (Å²) >= 11 is 0. The predicted molar refractivity (Wildman–Crippen MR) is 75.5 cm³/mol. The number of rotatable bonds is 3. The van der Waals surface area contributed by atoms with E-state index in [9.17, 15) is 5.11 Å². The molecule has 0 spiro atoms. The van der Waals surface area contributed by atoms with Gasteiger partial charge in [0, 0.05) is 5.41 Å². The molecular formula is C17H22O. The molecule has 1 nitrogen and oxygen atoms in total. The zero-order valence-corrected chi connectivity index (χ0v) is 11.5. The van der Waals surface area contributed by atoms with Crippen molar-refractivity contribution in [2.75, 3.05) is 0 Å². The first kappa shape index (κ1) is 13.1. The summed E-state index contributed by atoms with van der Waals surface area (Å²) in [6.45, 7) is 6.21. The van der Waals surface area contributed by atoms with Crippen LogP contribution >= 0.6 is 0 Å². The van der Waals surface area contributed by atoms with Crippen molar-refractivity contribution in [3.8, 4) is 0 Å².